The van der Waals surface area contributed by atoms with Crippen LogP contribution in [-0.2, 0) is 11.2 Å². The predicted molar refractivity (Wildman–Crippen MR) is 161 cm³/mol. The molecule has 1 heterocycles. The number of hydrogen-bond acceptors (Lipinski definition) is 5. The summed E-state index contributed by atoms with van der Waals surface area (Å²) in [5.74, 6) is 2.60. The van der Waals surface area contributed by atoms with Gasteiger partial charge < -0.3 is 19.7 Å². The highest BCUT2D eigenvalue weighted by Gasteiger charge is 2.30. The molecule has 1 aliphatic heterocycles. The van der Waals surface area contributed by atoms with E-state index in [1.54, 1.807) is 6.08 Å². The average molecular weight is 557 g/mol. The Morgan fingerprint density at radius 3 is 2.76 bits per heavy atom. The number of ether oxygens (including phenoxy) is 2. The highest BCUT2D eigenvalue weighted by atomic mass is 35.5. The normalized spacial score (nSPS) is 22.5. The first-order chi connectivity index (χ1) is 18.5. The van der Waals surface area contributed by atoms with E-state index in [9.17, 15) is 5.11 Å². The number of rotatable bonds is 14. The van der Waals surface area contributed by atoms with Crippen LogP contribution in [0.15, 0.2) is 95.1 Å². The van der Waals surface area contributed by atoms with Crippen LogP contribution in [0.2, 0.25) is 0 Å². The first-order valence-corrected chi connectivity index (χ1v) is 15.0. The van der Waals surface area contributed by atoms with Crippen LogP contribution < -0.4 is 4.74 Å². The molecule has 0 saturated carbocycles. The van der Waals surface area contributed by atoms with Crippen molar-refractivity contribution in [3.8, 4) is 5.75 Å². The second kappa shape index (κ2) is 16.8. The van der Waals surface area contributed by atoms with Gasteiger partial charge in [-0.2, -0.15) is 11.8 Å². The number of halogens is 1. The smallest absolute Gasteiger partial charge is 0.119 e. The van der Waals surface area contributed by atoms with Gasteiger partial charge in [-0.15, -0.1) is 0 Å². The van der Waals surface area contributed by atoms with Crippen molar-refractivity contribution in [2.45, 2.75) is 63.8 Å². The van der Waals surface area contributed by atoms with Crippen molar-refractivity contribution in [2.75, 3.05) is 24.7 Å². The van der Waals surface area contributed by atoms with Crippen molar-refractivity contribution in [3.63, 3.8) is 0 Å². The van der Waals surface area contributed by atoms with Gasteiger partial charge in [0.05, 0.1) is 24.9 Å². The third-order valence-electron chi connectivity index (χ3n) is 6.61. The van der Waals surface area contributed by atoms with E-state index in [1.807, 2.05) is 43.0 Å². The van der Waals surface area contributed by atoms with Crippen LogP contribution in [0.5, 0.6) is 5.75 Å². The molecule has 3 atom stereocenters. The lowest BCUT2D eigenvalue weighted by Gasteiger charge is -2.34. The zero-order valence-electron chi connectivity index (χ0n) is 22.4. The van der Waals surface area contributed by atoms with E-state index in [0.717, 1.165) is 52.7 Å². The fourth-order valence-electron chi connectivity index (χ4n) is 4.65. The van der Waals surface area contributed by atoms with Gasteiger partial charge in [-0.25, -0.2) is 0 Å². The lowest BCUT2D eigenvalue weighted by molar-refractivity contribution is -0.0703. The summed E-state index contributed by atoms with van der Waals surface area (Å²) >= 11 is 8.46. The molecule has 1 aromatic carbocycles. The van der Waals surface area contributed by atoms with Gasteiger partial charge in [0, 0.05) is 36.0 Å². The molecule has 1 saturated heterocycles. The summed E-state index contributed by atoms with van der Waals surface area (Å²) in [4.78, 5) is 0. The third kappa shape index (κ3) is 10.3. The zero-order chi connectivity index (χ0) is 27.2. The summed E-state index contributed by atoms with van der Waals surface area (Å²) < 4.78 is 12.0. The zero-order valence-corrected chi connectivity index (χ0v) is 23.9. The fraction of sp³-hybridized carbons (Fsp3) is 0.438. The average Bonchev–Trinajstić information content (AvgIpc) is 3.08. The van der Waals surface area contributed by atoms with Gasteiger partial charge in [-0.1, -0.05) is 72.3 Å². The van der Waals surface area contributed by atoms with Gasteiger partial charge in [0.25, 0.3) is 0 Å². The van der Waals surface area contributed by atoms with Crippen molar-refractivity contribution < 1.29 is 19.7 Å². The van der Waals surface area contributed by atoms with Crippen molar-refractivity contribution in [1.29, 1.82) is 0 Å². The Kier molecular flexibility index (Phi) is 13.5. The first-order valence-electron chi connectivity index (χ1n) is 13.5. The van der Waals surface area contributed by atoms with Crippen molar-refractivity contribution in [1.82, 2.24) is 0 Å². The molecule has 1 aromatic rings. The molecular formula is C32H41ClO4S. The maximum atomic E-state index is 10.6. The standard InChI is InChI=1S/C32H41ClO4S/c1-3-7-24(17-18-34)8-5-6-19-38-23-30-21-28(35)22-32(37-30)26-11-12-27(31(33)16-13-26)20-25-9-14-29(15-10-25)36-4-2/h3,5-7,9-10,12-16,28,30,32,34-35H,1,4,8,11,17-23H2,2H3/b6-5-,24-7+. The molecule has 2 N–H and O–H groups in total. The van der Waals surface area contributed by atoms with Crippen LogP contribution in [0.25, 0.3) is 0 Å². The molecule has 0 amide bonds. The maximum absolute atomic E-state index is 10.6. The van der Waals surface area contributed by atoms with Crippen molar-refractivity contribution in [2.24, 2.45) is 0 Å². The molecule has 0 radical (unpaired) electrons. The Labute approximate surface area is 237 Å². The lowest BCUT2D eigenvalue weighted by atomic mass is 9.94. The van der Waals surface area contributed by atoms with Crippen LogP contribution in [0.3, 0.4) is 0 Å². The number of hydrogen-bond donors (Lipinski definition) is 2. The monoisotopic (exact) mass is 556 g/mol. The van der Waals surface area contributed by atoms with E-state index in [-0.39, 0.29) is 24.9 Å². The fourth-order valence-corrected chi connectivity index (χ4v) is 5.74. The molecule has 0 spiro atoms. The van der Waals surface area contributed by atoms with E-state index < -0.39 is 0 Å². The van der Waals surface area contributed by atoms with E-state index in [4.69, 9.17) is 26.2 Å². The Hall–Kier alpha value is -2.02. The Balaban J connectivity index is 1.50. The molecule has 1 aliphatic carbocycles. The van der Waals surface area contributed by atoms with Crippen LogP contribution in [0.4, 0.5) is 0 Å². The SMILES string of the molecule is C=C/C=C(\C/C=C\CSCC1CC(O)CC(C2=CC=C(Cl)C(Cc3ccc(OCC)cc3)=CC2)O1)CCO. The van der Waals surface area contributed by atoms with Crippen molar-refractivity contribution >= 4 is 23.4 Å². The highest BCUT2D eigenvalue weighted by Crippen LogP contribution is 2.32. The summed E-state index contributed by atoms with van der Waals surface area (Å²) in [7, 11) is 0. The predicted octanol–water partition coefficient (Wildman–Crippen LogP) is 7.09. The van der Waals surface area contributed by atoms with E-state index in [1.165, 1.54) is 11.1 Å². The molecule has 6 heteroatoms. The molecule has 3 unspecified atom stereocenters. The Morgan fingerprint density at radius 2 is 2.03 bits per heavy atom. The van der Waals surface area contributed by atoms with Gasteiger partial charge in [-0.05, 0) is 67.5 Å². The van der Waals surface area contributed by atoms with E-state index in [2.05, 4.69) is 43.0 Å². The van der Waals surface area contributed by atoms with Crippen LogP contribution in [0, 0.1) is 0 Å². The van der Waals surface area contributed by atoms with Gasteiger partial charge in [-0.3, -0.25) is 0 Å². The summed E-state index contributed by atoms with van der Waals surface area (Å²) in [5, 5.41) is 20.5. The minimum atomic E-state index is -0.365. The van der Waals surface area contributed by atoms with Gasteiger partial charge in [0.1, 0.15) is 5.75 Å². The summed E-state index contributed by atoms with van der Waals surface area (Å²) in [6.07, 6.45) is 18.1. The molecular weight excluding hydrogens is 516 g/mol. The molecule has 4 nitrogen and oxygen atoms in total. The van der Waals surface area contributed by atoms with E-state index >= 15 is 0 Å². The minimum absolute atomic E-state index is 0.0173. The highest BCUT2D eigenvalue weighted by molar-refractivity contribution is 7.99. The Morgan fingerprint density at radius 1 is 1.21 bits per heavy atom. The second-order valence-electron chi connectivity index (χ2n) is 9.56. The number of aliphatic hydroxyl groups excluding tert-OH is 2. The third-order valence-corrected chi connectivity index (χ3v) is 8.01. The quantitative estimate of drug-likeness (QED) is 0.145. The summed E-state index contributed by atoms with van der Waals surface area (Å²) in [6.45, 7) is 6.53. The van der Waals surface area contributed by atoms with Gasteiger partial charge in [0.2, 0.25) is 0 Å². The number of allylic oxidation sites excluding steroid dienone is 8. The lowest BCUT2D eigenvalue weighted by Crippen LogP contribution is -2.38. The van der Waals surface area contributed by atoms with Crippen LogP contribution >= 0.6 is 23.4 Å². The molecule has 3 rings (SSSR count). The minimum Gasteiger partial charge on any atom is -0.494 e. The maximum Gasteiger partial charge on any atom is 0.119 e. The molecule has 38 heavy (non-hydrogen) atoms. The topological polar surface area (TPSA) is 58.9 Å². The molecule has 0 bridgehead atoms. The number of thioether (sulfide) groups is 1. The van der Waals surface area contributed by atoms with Gasteiger partial charge >= 0.3 is 0 Å². The van der Waals surface area contributed by atoms with Gasteiger partial charge in [0.15, 0.2) is 0 Å². The largest absolute Gasteiger partial charge is 0.494 e. The summed E-state index contributed by atoms with van der Waals surface area (Å²) in [5.41, 5.74) is 4.62. The van der Waals surface area contributed by atoms with E-state index in [0.29, 0.717) is 25.9 Å². The molecule has 206 valence electrons. The number of benzene rings is 1. The Bertz CT molecular complexity index is 1040. The molecule has 2 aliphatic rings. The second-order valence-corrected chi connectivity index (χ2v) is 11.0. The van der Waals surface area contributed by atoms with Crippen molar-refractivity contribution in [3.05, 3.63) is 101 Å². The van der Waals surface area contributed by atoms with Crippen LogP contribution in [0.1, 0.15) is 44.6 Å². The van der Waals surface area contributed by atoms with Crippen LogP contribution in [-0.4, -0.2) is 53.2 Å². The molecule has 1 fully saturated rings. The summed E-state index contributed by atoms with van der Waals surface area (Å²) in [6, 6.07) is 8.16. The number of aliphatic hydroxyl groups is 2. The molecule has 0 aromatic heterocycles. The first kappa shape index (κ1) is 30.5.